The molecule has 2 rings (SSSR count). The summed E-state index contributed by atoms with van der Waals surface area (Å²) in [4.78, 5) is 12.8. The van der Waals surface area contributed by atoms with E-state index in [0.29, 0.717) is 0 Å². The molecule has 0 saturated carbocycles. The summed E-state index contributed by atoms with van der Waals surface area (Å²) in [6.07, 6.45) is -1.71. The highest BCUT2D eigenvalue weighted by molar-refractivity contribution is 5.94. The lowest BCUT2D eigenvalue weighted by molar-refractivity contribution is -0.384. The molecule has 0 aliphatic carbocycles. The van der Waals surface area contributed by atoms with Gasteiger partial charge in [0.15, 0.2) is 5.75 Å². The van der Waals surface area contributed by atoms with Crippen LogP contribution in [0.3, 0.4) is 0 Å². The Morgan fingerprint density at radius 2 is 2.18 bits per heavy atom. The molecule has 0 fully saturated rings. The number of halogens is 2. The zero-order valence-corrected chi connectivity index (χ0v) is 8.74. The standard InChI is InChI=1S/C10H8F2N2O3/c1-17-7-3-2-6-8(9(7)14(15)16)5(4-13-6)10(11)12/h2-4,10,13H,1H3. The molecule has 0 amide bonds. The van der Waals surface area contributed by atoms with E-state index in [2.05, 4.69) is 4.98 Å². The SMILES string of the molecule is COc1ccc2[nH]cc(C(F)F)c2c1[N+](=O)[O-]. The van der Waals surface area contributed by atoms with Gasteiger partial charge in [-0.25, -0.2) is 8.78 Å². The highest BCUT2D eigenvalue weighted by Crippen LogP contribution is 2.39. The highest BCUT2D eigenvalue weighted by Gasteiger charge is 2.26. The molecule has 1 aromatic heterocycles. The van der Waals surface area contributed by atoms with Gasteiger partial charge in [-0.05, 0) is 12.1 Å². The number of fused-ring (bicyclic) bond motifs is 1. The first kappa shape index (κ1) is 11.3. The van der Waals surface area contributed by atoms with Gasteiger partial charge in [0.1, 0.15) is 0 Å². The number of aromatic nitrogens is 1. The Morgan fingerprint density at radius 1 is 1.47 bits per heavy atom. The number of nitro groups is 1. The first-order valence-corrected chi connectivity index (χ1v) is 4.66. The Labute approximate surface area is 94.1 Å². The van der Waals surface area contributed by atoms with Crippen molar-refractivity contribution in [3.63, 3.8) is 0 Å². The van der Waals surface area contributed by atoms with Crippen molar-refractivity contribution in [3.8, 4) is 5.75 Å². The quantitative estimate of drug-likeness (QED) is 0.664. The van der Waals surface area contributed by atoms with Gasteiger partial charge in [0.2, 0.25) is 0 Å². The fourth-order valence-corrected chi connectivity index (χ4v) is 1.73. The molecular formula is C10H8F2N2O3. The lowest BCUT2D eigenvalue weighted by Crippen LogP contribution is -1.95. The highest BCUT2D eigenvalue weighted by atomic mass is 19.3. The average molecular weight is 242 g/mol. The van der Waals surface area contributed by atoms with E-state index in [-0.39, 0.29) is 16.7 Å². The first-order valence-electron chi connectivity index (χ1n) is 4.66. The minimum Gasteiger partial charge on any atom is -0.490 e. The Kier molecular flexibility index (Phi) is 2.66. The number of nitrogens with one attached hydrogen (secondary N) is 1. The van der Waals surface area contributed by atoms with Crippen LogP contribution < -0.4 is 4.74 Å². The van der Waals surface area contributed by atoms with Crippen LogP contribution in [0.15, 0.2) is 18.3 Å². The van der Waals surface area contributed by atoms with Crippen molar-refractivity contribution in [2.45, 2.75) is 6.43 Å². The third kappa shape index (κ3) is 1.69. The Hall–Kier alpha value is -2.18. The zero-order valence-electron chi connectivity index (χ0n) is 8.74. The van der Waals surface area contributed by atoms with Gasteiger partial charge in [0.25, 0.3) is 6.43 Å². The summed E-state index contributed by atoms with van der Waals surface area (Å²) in [6.45, 7) is 0. The second-order valence-corrected chi connectivity index (χ2v) is 3.34. The van der Waals surface area contributed by atoms with Crippen molar-refractivity contribution >= 4 is 16.6 Å². The first-order chi connectivity index (χ1) is 8.06. The molecule has 5 nitrogen and oxygen atoms in total. The molecule has 1 aromatic carbocycles. The molecule has 2 aromatic rings. The molecule has 0 unspecified atom stereocenters. The molecule has 0 aliphatic rings. The van der Waals surface area contributed by atoms with E-state index in [4.69, 9.17) is 4.74 Å². The van der Waals surface area contributed by atoms with E-state index >= 15 is 0 Å². The van der Waals surface area contributed by atoms with E-state index in [1.54, 1.807) is 0 Å². The monoisotopic (exact) mass is 242 g/mol. The molecule has 1 heterocycles. The summed E-state index contributed by atoms with van der Waals surface area (Å²) in [5.41, 5.74) is -0.556. The minimum atomic E-state index is -2.78. The summed E-state index contributed by atoms with van der Waals surface area (Å²) in [6, 6.07) is 2.83. The van der Waals surface area contributed by atoms with Crippen molar-refractivity contribution in [1.82, 2.24) is 4.98 Å². The second kappa shape index (κ2) is 4.00. The van der Waals surface area contributed by atoms with E-state index in [1.807, 2.05) is 0 Å². The Bertz CT molecular complexity index is 580. The maximum absolute atomic E-state index is 12.7. The summed E-state index contributed by atoms with van der Waals surface area (Å²) >= 11 is 0. The van der Waals surface area contributed by atoms with Crippen molar-refractivity contribution in [3.05, 3.63) is 34.0 Å². The van der Waals surface area contributed by atoms with Gasteiger partial charge in [-0.2, -0.15) is 0 Å². The lowest BCUT2D eigenvalue weighted by atomic mass is 10.1. The Balaban J connectivity index is 2.86. The number of hydrogen-bond donors (Lipinski definition) is 1. The van der Waals surface area contributed by atoms with E-state index in [9.17, 15) is 18.9 Å². The van der Waals surface area contributed by atoms with Crippen LogP contribution in [-0.2, 0) is 0 Å². The van der Waals surface area contributed by atoms with E-state index in [0.717, 1.165) is 6.20 Å². The van der Waals surface area contributed by atoms with Crippen molar-refractivity contribution in [1.29, 1.82) is 0 Å². The van der Waals surface area contributed by atoms with E-state index in [1.165, 1.54) is 19.2 Å². The molecule has 1 N–H and O–H groups in total. The summed E-state index contributed by atoms with van der Waals surface area (Å²) in [7, 11) is 1.25. The van der Waals surface area contributed by atoms with Crippen molar-refractivity contribution in [2.75, 3.05) is 7.11 Å². The second-order valence-electron chi connectivity index (χ2n) is 3.34. The van der Waals surface area contributed by atoms with Gasteiger partial charge >= 0.3 is 5.69 Å². The number of H-pyrrole nitrogens is 1. The molecular weight excluding hydrogens is 234 g/mol. The molecule has 0 saturated heterocycles. The number of hydrogen-bond acceptors (Lipinski definition) is 3. The normalized spacial score (nSPS) is 11.1. The molecule has 17 heavy (non-hydrogen) atoms. The number of nitrogens with zero attached hydrogens (tertiary/aromatic N) is 1. The van der Waals surface area contributed by atoms with Crippen LogP contribution in [0, 0.1) is 10.1 Å². The van der Waals surface area contributed by atoms with Crippen LogP contribution in [-0.4, -0.2) is 17.0 Å². The van der Waals surface area contributed by atoms with Gasteiger partial charge in [0, 0.05) is 6.20 Å². The molecule has 7 heteroatoms. The number of alkyl halides is 2. The predicted molar refractivity (Wildman–Crippen MR) is 56.5 cm³/mol. The number of nitro benzene ring substituents is 1. The van der Waals surface area contributed by atoms with Crippen LogP contribution >= 0.6 is 0 Å². The maximum Gasteiger partial charge on any atom is 0.320 e. The number of methoxy groups -OCH3 is 1. The van der Waals surface area contributed by atoms with Gasteiger partial charge in [-0.3, -0.25) is 10.1 Å². The number of benzene rings is 1. The summed E-state index contributed by atoms with van der Waals surface area (Å²) in [5, 5.41) is 10.8. The smallest absolute Gasteiger partial charge is 0.320 e. The molecule has 0 aliphatic heterocycles. The molecule has 0 spiro atoms. The molecule has 0 radical (unpaired) electrons. The summed E-state index contributed by atoms with van der Waals surface area (Å²) < 4.78 is 30.3. The van der Waals surface area contributed by atoms with Crippen LogP contribution in [0.5, 0.6) is 5.75 Å². The number of ether oxygens (including phenoxy) is 1. The molecule has 0 bridgehead atoms. The van der Waals surface area contributed by atoms with Crippen molar-refractivity contribution in [2.24, 2.45) is 0 Å². The summed E-state index contributed by atoms with van der Waals surface area (Å²) in [5.74, 6) is -0.0380. The third-order valence-electron chi connectivity index (χ3n) is 2.45. The van der Waals surface area contributed by atoms with Gasteiger partial charge in [0.05, 0.1) is 28.5 Å². The predicted octanol–water partition coefficient (Wildman–Crippen LogP) is 3.02. The fraction of sp³-hybridized carbons (Fsp3) is 0.200. The topological polar surface area (TPSA) is 68.2 Å². The van der Waals surface area contributed by atoms with Crippen LogP contribution in [0.1, 0.15) is 12.0 Å². The third-order valence-corrected chi connectivity index (χ3v) is 2.45. The molecule has 0 atom stereocenters. The maximum atomic E-state index is 12.7. The fourth-order valence-electron chi connectivity index (χ4n) is 1.73. The molecule has 90 valence electrons. The average Bonchev–Trinajstić information content (AvgIpc) is 2.70. The minimum absolute atomic E-state index is 0.0380. The number of aromatic amines is 1. The largest absolute Gasteiger partial charge is 0.490 e. The zero-order chi connectivity index (χ0) is 12.6. The van der Waals surface area contributed by atoms with Gasteiger partial charge in [-0.15, -0.1) is 0 Å². The van der Waals surface area contributed by atoms with Gasteiger partial charge in [-0.1, -0.05) is 0 Å². The van der Waals surface area contributed by atoms with Gasteiger partial charge < -0.3 is 9.72 Å². The van der Waals surface area contributed by atoms with Crippen molar-refractivity contribution < 1.29 is 18.4 Å². The van der Waals surface area contributed by atoms with Crippen LogP contribution in [0.25, 0.3) is 10.9 Å². The van der Waals surface area contributed by atoms with E-state index < -0.39 is 22.6 Å². The Morgan fingerprint density at radius 3 is 2.71 bits per heavy atom. The van der Waals surface area contributed by atoms with Crippen LogP contribution in [0.4, 0.5) is 14.5 Å². The lowest BCUT2D eigenvalue weighted by Gasteiger charge is -2.03. The number of rotatable bonds is 3. The van der Waals surface area contributed by atoms with Crippen LogP contribution in [0.2, 0.25) is 0 Å².